The molecule has 6 heteroatoms. The van der Waals surface area contributed by atoms with Crippen molar-refractivity contribution >= 4 is 17.8 Å². The Kier molecular flexibility index (Phi) is 32.2. The summed E-state index contributed by atoms with van der Waals surface area (Å²) in [4.78, 5) is 34.7. The lowest BCUT2D eigenvalue weighted by Gasteiger charge is -2.15. The van der Waals surface area contributed by atoms with Crippen LogP contribution < -0.4 is 5.32 Å². The van der Waals surface area contributed by atoms with Crippen LogP contribution in [0.5, 0.6) is 0 Å². The van der Waals surface area contributed by atoms with Gasteiger partial charge in [0.15, 0.2) is 0 Å². The summed E-state index contributed by atoms with van der Waals surface area (Å²) in [7, 11) is 0. The Morgan fingerprint density at radius 1 is 0.591 bits per heavy atom. The Bertz CT molecular complexity index is 733. The molecular formula is C38H69NO5. The molecule has 0 saturated heterocycles. The first kappa shape index (κ1) is 41.9. The summed E-state index contributed by atoms with van der Waals surface area (Å²) in [5.74, 6) is -1.33. The highest BCUT2D eigenvalue weighted by Crippen LogP contribution is 2.15. The predicted octanol–water partition coefficient (Wildman–Crippen LogP) is 10.8. The first-order chi connectivity index (χ1) is 21.5. The number of carbonyl (C=O) groups is 3. The van der Waals surface area contributed by atoms with E-state index in [0.29, 0.717) is 12.8 Å². The summed E-state index contributed by atoms with van der Waals surface area (Å²) in [6.45, 7) is 4.16. The Labute approximate surface area is 271 Å². The SMILES string of the molecule is CCCCCC/C=C\C(CCCCCCC(=O)NCC(=O)O)OC(=O)CCCCCCCCC/C=C\CCCCCCCC. The van der Waals surface area contributed by atoms with Gasteiger partial charge in [0.25, 0.3) is 0 Å². The topological polar surface area (TPSA) is 92.7 Å². The van der Waals surface area contributed by atoms with Gasteiger partial charge in [-0.1, -0.05) is 128 Å². The maximum absolute atomic E-state index is 12.6. The molecule has 1 amide bonds. The highest BCUT2D eigenvalue weighted by molar-refractivity contribution is 5.80. The molecule has 0 bridgehead atoms. The Morgan fingerprint density at radius 3 is 1.61 bits per heavy atom. The average molecular weight is 620 g/mol. The third kappa shape index (κ3) is 32.8. The lowest BCUT2D eigenvalue weighted by Crippen LogP contribution is -2.28. The standard InChI is InChI=1S/C38H69NO5/c1-3-5-7-9-11-12-13-14-15-16-17-18-19-20-21-23-29-33-38(43)44-35(30-26-22-10-8-6-4-2)31-27-24-25-28-32-36(40)39-34-37(41)42/h14-15,26,30,35H,3-13,16-25,27-29,31-34H2,1-2H3,(H,39,40)(H,41,42)/b15-14-,30-26-. The van der Waals surface area contributed by atoms with Crippen molar-refractivity contribution in [3.8, 4) is 0 Å². The van der Waals surface area contributed by atoms with Crippen LogP contribution in [0.2, 0.25) is 0 Å². The number of rotatable bonds is 33. The molecule has 44 heavy (non-hydrogen) atoms. The first-order valence-corrected chi connectivity index (χ1v) is 18.5. The van der Waals surface area contributed by atoms with Gasteiger partial charge >= 0.3 is 11.9 Å². The van der Waals surface area contributed by atoms with Gasteiger partial charge in [0, 0.05) is 12.8 Å². The van der Waals surface area contributed by atoms with Gasteiger partial charge in [-0.25, -0.2) is 0 Å². The summed E-state index contributed by atoms with van der Waals surface area (Å²) in [6.07, 6.45) is 38.9. The molecular weight excluding hydrogens is 550 g/mol. The van der Waals surface area contributed by atoms with Crippen LogP contribution >= 0.6 is 0 Å². The number of hydrogen-bond acceptors (Lipinski definition) is 4. The molecule has 0 aliphatic heterocycles. The maximum Gasteiger partial charge on any atom is 0.322 e. The second-order valence-electron chi connectivity index (χ2n) is 12.5. The van der Waals surface area contributed by atoms with Crippen LogP contribution in [0.4, 0.5) is 0 Å². The fraction of sp³-hybridized carbons (Fsp3) is 0.816. The fourth-order valence-corrected chi connectivity index (χ4v) is 5.30. The first-order valence-electron chi connectivity index (χ1n) is 18.5. The van der Waals surface area contributed by atoms with E-state index in [1.54, 1.807) is 0 Å². The molecule has 0 aromatic carbocycles. The van der Waals surface area contributed by atoms with E-state index in [2.05, 4.69) is 43.5 Å². The molecule has 0 aromatic heterocycles. The number of amides is 1. The van der Waals surface area contributed by atoms with Crippen molar-refractivity contribution in [1.29, 1.82) is 0 Å². The van der Waals surface area contributed by atoms with Crippen LogP contribution in [-0.2, 0) is 19.1 Å². The number of carboxylic acid groups (broad SMARTS) is 1. The number of nitrogens with one attached hydrogen (secondary N) is 1. The monoisotopic (exact) mass is 620 g/mol. The smallest absolute Gasteiger partial charge is 0.322 e. The van der Waals surface area contributed by atoms with E-state index in [0.717, 1.165) is 51.4 Å². The van der Waals surface area contributed by atoms with Gasteiger partial charge < -0.3 is 15.2 Å². The largest absolute Gasteiger partial charge is 0.480 e. The van der Waals surface area contributed by atoms with E-state index >= 15 is 0 Å². The van der Waals surface area contributed by atoms with Gasteiger partial charge in [0.1, 0.15) is 12.6 Å². The number of allylic oxidation sites excluding steroid dienone is 3. The van der Waals surface area contributed by atoms with Crippen LogP contribution in [0.3, 0.4) is 0 Å². The molecule has 0 saturated carbocycles. The number of unbranched alkanes of at least 4 members (excludes halogenated alkanes) is 20. The summed E-state index contributed by atoms with van der Waals surface area (Å²) in [5.41, 5.74) is 0. The van der Waals surface area contributed by atoms with Gasteiger partial charge in [-0.2, -0.15) is 0 Å². The predicted molar refractivity (Wildman–Crippen MR) is 185 cm³/mol. The molecule has 0 rings (SSSR count). The molecule has 1 unspecified atom stereocenters. The van der Waals surface area contributed by atoms with Crippen LogP contribution in [0.25, 0.3) is 0 Å². The lowest BCUT2D eigenvalue weighted by molar-refractivity contribution is -0.147. The number of carbonyl (C=O) groups excluding carboxylic acids is 2. The highest BCUT2D eigenvalue weighted by Gasteiger charge is 2.12. The van der Waals surface area contributed by atoms with E-state index in [9.17, 15) is 14.4 Å². The molecule has 1 atom stereocenters. The van der Waals surface area contributed by atoms with Crippen LogP contribution in [0, 0.1) is 0 Å². The molecule has 0 aromatic rings. The zero-order valence-corrected chi connectivity index (χ0v) is 28.8. The van der Waals surface area contributed by atoms with E-state index in [4.69, 9.17) is 9.84 Å². The molecule has 0 fully saturated rings. The lowest BCUT2D eigenvalue weighted by atomic mass is 10.1. The molecule has 0 aliphatic carbocycles. The molecule has 0 aliphatic rings. The number of carboxylic acids is 1. The molecule has 2 N–H and O–H groups in total. The Morgan fingerprint density at radius 2 is 1.05 bits per heavy atom. The van der Waals surface area contributed by atoms with Crippen molar-refractivity contribution in [2.75, 3.05) is 6.54 Å². The van der Waals surface area contributed by atoms with Gasteiger partial charge in [0.2, 0.25) is 5.91 Å². The van der Waals surface area contributed by atoms with E-state index in [-0.39, 0.29) is 24.5 Å². The highest BCUT2D eigenvalue weighted by atomic mass is 16.5. The van der Waals surface area contributed by atoms with Crippen molar-refractivity contribution in [3.63, 3.8) is 0 Å². The minimum Gasteiger partial charge on any atom is -0.480 e. The van der Waals surface area contributed by atoms with Crippen LogP contribution in [0.15, 0.2) is 24.3 Å². The quantitative estimate of drug-likeness (QED) is 0.0433. The average Bonchev–Trinajstić information content (AvgIpc) is 3.00. The number of hydrogen-bond donors (Lipinski definition) is 2. The van der Waals surface area contributed by atoms with Gasteiger partial charge in [0.05, 0.1) is 0 Å². The normalized spacial score (nSPS) is 12.2. The van der Waals surface area contributed by atoms with Crippen molar-refractivity contribution < 1.29 is 24.2 Å². The van der Waals surface area contributed by atoms with E-state index in [1.807, 2.05) is 0 Å². The van der Waals surface area contributed by atoms with E-state index < -0.39 is 5.97 Å². The molecule has 0 heterocycles. The minimum atomic E-state index is -1.03. The van der Waals surface area contributed by atoms with Crippen molar-refractivity contribution in [3.05, 3.63) is 24.3 Å². The molecule has 256 valence electrons. The number of ether oxygens (including phenoxy) is 1. The Hall–Kier alpha value is -2.11. The molecule has 6 nitrogen and oxygen atoms in total. The maximum atomic E-state index is 12.6. The van der Waals surface area contributed by atoms with Crippen molar-refractivity contribution in [1.82, 2.24) is 5.32 Å². The second kappa shape index (κ2) is 33.8. The van der Waals surface area contributed by atoms with Gasteiger partial charge in [-0.05, 0) is 70.3 Å². The van der Waals surface area contributed by atoms with Crippen LogP contribution in [-0.4, -0.2) is 35.6 Å². The summed E-state index contributed by atoms with van der Waals surface area (Å²) in [5, 5.41) is 11.0. The molecule has 0 spiro atoms. The zero-order chi connectivity index (χ0) is 32.4. The van der Waals surface area contributed by atoms with Crippen LogP contribution in [0.1, 0.15) is 187 Å². The zero-order valence-electron chi connectivity index (χ0n) is 28.8. The Balaban J connectivity index is 4.01. The van der Waals surface area contributed by atoms with Gasteiger partial charge in [-0.15, -0.1) is 0 Å². The minimum absolute atomic E-state index is 0.0894. The second-order valence-corrected chi connectivity index (χ2v) is 12.5. The molecule has 0 radical (unpaired) electrons. The third-order valence-electron chi connectivity index (χ3n) is 8.08. The van der Waals surface area contributed by atoms with Crippen molar-refractivity contribution in [2.24, 2.45) is 0 Å². The van der Waals surface area contributed by atoms with Gasteiger partial charge in [-0.3, -0.25) is 14.4 Å². The number of esters is 1. The fourth-order valence-electron chi connectivity index (χ4n) is 5.30. The summed E-state index contributed by atoms with van der Waals surface area (Å²) in [6, 6.07) is 0. The summed E-state index contributed by atoms with van der Waals surface area (Å²) < 4.78 is 5.85. The summed E-state index contributed by atoms with van der Waals surface area (Å²) >= 11 is 0. The third-order valence-corrected chi connectivity index (χ3v) is 8.08. The van der Waals surface area contributed by atoms with Crippen molar-refractivity contribution in [2.45, 2.75) is 193 Å². The van der Waals surface area contributed by atoms with E-state index in [1.165, 1.54) is 109 Å². The number of aliphatic carboxylic acids is 1.